The Labute approximate surface area is 112 Å². The van der Waals surface area contributed by atoms with E-state index in [9.17, 15) is 4.79 Å². The van der Waals surface area contributed by atoms with Gasteiger partial charge in [0.1, 0.15) is 5.82 Å². The number of anilines is 1. The summed E-state index contributed by atoms with van der Waals surface area (Å²) in [4.78, 5) is 20.3. The number of hydrogen-bond donors (Lipinski definition) is 2. The molecular formula is C12H20N4OS. The number of aromatic nitrogens is 2. The number of hydrogen-bond acceptors (Lipinski definition) is 5. The lowest BCUT2D eigenvalue weighted by Crippen LogP contribution is -2.44. The van der Waals surface area contributed by atoms with Crippen LogP contribution in [0.25, 0.3) is 0 Å². The second-order valence-electron chi connectivity index (χ2n) is 5.22. The molecule has 1 aromatic rings. The van der Waals surface area contributed by atoms with Crippen LogP contribution in [0.2, 0.25) is 0 Å². The number of aryl methyl sites for hydroxylation is 1. The molecule has 0 aliphatic carbocycles. The molecular weight excluding hydrogens is 248 g/mol. The second-order valence-corrected chi connectivity index (χ2v) is 6.52. The first-order valence-electron chi connectivity index (χ1n) is 5.77. The number of nitrogen functional groups attached to an aromatic ring is 1. The van der Waals surface area contributed by atoms with E-state index in [1.807, 2.05) is 34.6 Å². The number of thioether (sulfide) groups is 1. The molecule has 100 valence electrons. The first-order valence-corrected chi connectivity index (χ1v) is 6.65. The van der Waals surface area contributed by atoms with Crippen molar-refractivity contribution >= 4 is 23.5 Å². The van der Waals surface area contributed by atoms with Crippen LogP contribution in [0.4, 0.5) is 5.82 Å². The fourth-order valence-corrected chi connectivity index (χ4v) is 2.14. The molecule has 1 unspecified atom stereocenters. The maximum atomic E-state index is 11.9. The normalized spacial score (nSPS) is 13.2. The molecule has 18 heavy (non-hydrogen) atoms. The van der Waals surface area contributed by atoms with Crippen molar-refractivity contribution in [1.82, 2.24) is 15.3 Å². The van der Waals surface area contributed by atoms with Gasteiger partial charge in [0.05, 0.1) is 5.25 Å². The van der Waals surface area contributed by atoms with Crippen molar-refractivity contribution in [1.29, 1.82) is 0 Å². The van der Waals surface area contributed by atoms with Crippen molar-refractivity contribution in [3.05, 3.63) is 11.8 Å². The highest BCUT2D eigenvalue weighted by Gasteiger charge is 2.21. The summed E-state index contributed by atoms with van der Waals surface area (Å²) in [6, 6.07) is 1.70. The predicted molar refractivity (Wildman–Crippen MR) is 74.4 cm³/mol. The molecule has 3 N–H and O–H groups in total. The average Bonchev–Trinajstić information content (AvgIpc) is 2.12. The Morgan fingerprint density at radius 2 is 2.06 bits per heavy atom. The summed E-state index contributed by atoms with van der Waals surface area (Å²) >= 11 is 1.31. The van der Waals surface area contributed by atoms with E-state index >= 15 is 0 Å². The van der Waals surface area contributed by atoms with Gasteiger partial charge in [-0.3, -0.25) is 4.79 Å². The highest BCUT2D eigenvalue weighted by atomic mass is 32.2. The average molecular weight is 268 g/mol. The minimum absolute atomic E-state index is 0.0313. The molecule has 1 amide bonds. The molecule has 1 aromatic heterocycles. The molecule has 0 saturated heterocycles. The molecule has 0 aromatic carbocycles. The molecule has 1 rings (SSSR count). The summed E-state index contributed by atoms with van der Waals surface area (Å²) in [7, 11) is 0. The highest BCUT2D eigenvalue weighted by molar-refractivity contribution is 8.00. The third kappa shape index (κ3) is 4.91. The van der Waals surface area contributed by atoms with Crippen LogP contribution in [-0.4, -0.2) is 26.7 Å². The summed E-state index contributed by atoms with van der Waals surface area (Å²) in [6.45, 7) is 9.52. The number of nitrogens with two attached hydrogens (primary N) is 1. The largest absolute Gasteiger partial charge is 0.384 e. The molecule has 0 aliphatic rings. The monoisotopic (exact) mass is 268 g/mol. The molecule has 0 fully saturated rings. The maximum absolute atomic E-state index is 11.9. The number of amides is 1. The Balaban J connectivity index is 2.69. The molecule has 1 heterocycles. The Morgan fingerprint density at radius 1 is 1.44 bits per heavy atom. The van der Waals surface area contributed by atoms with E-state index in [-0.39, 0.29) is 16.7 Å². The van der Waals surface area contributed by atoms with Gasteiger partial charge < -0.3 is 11.1 Å². The van der Waals surface area contributed by atoms with Crippen molar-refractivity contribution in [2.75, 3.05) is 5.73 Å². The fourth-order valence-electron chi connectivity index (χ4n) is 1.30. The van der Waals surface area contributed by atoms with E-state index in [4.69, 9.17) is 5.73 Å². The standard InChI is InChI=1S/C12H20N4OS/c1-7-6-9(13)15-11(14-7)18-8(2)10(17)16-12(3,4)5/h6,8H,1-5H3,(H,16,17)(H2,13,14,15). The van der Waals surface area contributed by atoms with Gasteiger partial charge in [0, 0.05) is 17.3 Å². The number of carbonyl (C=O) groups is 1. The smallest absolute Gasteiger partial charge is 0.233 e. The Kier molecular flexibility index (Phi) is 4.56. The van der Waals surface area contributed by atoms with Gasteiger partial charge >= 0.3 is 0 Å². The van der Waals surface area contributed by atoms with Crippen LogP contribution in [0.1, 0.15) is 33.4 Å². The van der Waals surface area contributed by atoms with Crippen molar-refractivity contribution < 1.29 is 4.79 Å². The van der Waals surface area contributed by atoms with Gasteiger partial charge in [0.25, 0.3) is 0 Å². The van der Waals surface area contributed by atoms with Crippen molar-refractivity contribution in [3.63, 3.8) is 0 Å². The van der Waals surface area contributed by atoms with E-state index in [1.165, 1.54) is 11.8 Å². The Hall–Kier alpha value is -1.30. The van der Waals surface area contributed by atoms with Gasteiger partial charge in [-0.15, -0.1) is 0 Å². The van der Waals surface area contributed by atoms with Crippen LogP contribution in [0.3, 0.4) is 0 Å². The zero-order valence-corrected chi connectivity index (χ0v) is 12.3. The quantitative estimate of drug-likeness (QED) is 0.645. The Bertz CT molecular complexity index is 422. The van der Waals surface area contributed by atoms with Crippen molar-refractivity contribution in [2.45, 2.75) is 50.6 Å². The van der Waals surface area contributed by atoms with Crippen LogP contribution in [0.15, 0.2) is 11.2 Å². The van der Waals surface area contributed by atoms with E-state index in [2.05, 4.69) is 15.3 Å². The van der Waals surface area contributed by atoms with Gasteiger partial charge in [0.2, 0.25) is 5.91 Å². The van der Waals surface area contributed by atoms with E-state index in [0.29, 0.717) is 11.0 Å². The van der Waals surface area contributed by atoms with Crippen LogP contribution < -0.4 is 11.1 Å². The van der Waals surface area contributed by atoms with Gasteiger partial charge in [-0.1, -0.05) is 11.8 Å². The predicted octanol–water partition coefficient (Wildman–Crippen LogP) is 1.76. The van der Waals surface area contributed by atoms with Crippen molar-refractivity contribution in [2.24, 2.45) is 0 Å². The lowest BCUT2D eigenvalue weighted by molar-refractivity contribution is -0.121. The minimum atomic E-state index is -0.259. The topological polar surface area (TPSA) is 80.9 Å². The summed E-state index contributed by atoms with van der Waals surface area (Å²) < 4.78 is 0. The lowest BCUT2D eigenvalue weighted by Gasteiger charge is -2.22. The van der Waals surface area contributed by atoms with Gasteiger partial charge in [-0.25, -0.2) is 9.97 Å². The van der Waals surface area contributed by atoms with Crippen LogP contribution in [-0.2, 0) is 4.79 Å². The molecule has 0 spiro atoms. The third-order valence-corrected chi connectivity index (χ3v) is 2.96. The molecule has 1 atom stereocenters. The molecule has 5 nitrogen and oxygen atoms in total. The Morgan fingerprint density at radius 3 is 2.56 bits per heavy atom. The SMILES string of the molecule is Cc1cc(N)nc(SC(C)C(=O)NC(C)(C)C)n1. The maximum Gasteiger partial charge on any atom is 0.233 e. The first kappa shape index (κ1) is 14.8. The summed E-state index contributed by atoms with van der Waals surface area (Å²) in [5.41, 5.74) is 6.21. The van der Waals surface area contributed by atoms with E-state index < -0.39 is 0 Å². The molecule has 0 bridgehead atoms. The number of rotatable bonds is 3. The minimum Gasteiger partial charge on any atom is -0.384 e. The number of nitrogens with zero attached hydrogens (tertiary/aromatic N) is 2. The summed E-state index contributed by atoms with van der Waals surface area (Å²) in [6.07, 6.45) is 0. The molecule has 0 aliphatic heterocycles. The van der Waals surface area contributed by atoms with Gasteiger partial charge in [0.15, 0.2) is 5.16 Å². The summed E-state index contributed by atoms with van der Waals surface area (Å²) in [5, 5.41) is 3.19. The second kappa shape index (κ2) is 5.56. The van der Waals surface area contributed by atoms with Gasteiger partial charge in [-0.2, -0.15) is 0 Å². The van der Waals surface area contributed by atoms with Crippen LogP contribution in [0.5, 0.6) is 0 Å². The molecule has 0 radical (unpaired) electrons. The zero-order valence-electron chi connectivity index (χ0n) is 11.4. The van der Waals surface area contributed by atoms with Crippen molar-refractivity contribution in [3.8, 4) is 0 Å². The van der Waals surface area contributed by atoms with Crippen LogP contribution >= 0.6 is 11.8 Å². The highest BCUT2D eigenvalue weighted by Crippen LogP contribution is 2.21. The molecule has 6 heteroatoms. The van der Waals surface area contributed by atoms with E-state index in [1.54, 1.807) is 6.07 Å². The zero-order chi connectivity index (χ0) is 13.9. The van der Waals surface area contributed by atoms with Crippen LogP contribution in [0, 0.1) is 6.92 Å². The lowest BCUT2D eigenvalue weighted by atomic mass is 10.1. The van der Waals surface area contributed by atoms with E-state index in [0.717, 1.165) is 5.69 Å². The number of carbonyl (C=O) groups excluding carboxylic acids is 1. The first-order chi connectivity index (χ1) is 8.17. The number of nitrogens with one attached hydrogen (secondary N) is 1. The van der Waals surface area contributed by atoms with Gasteiger partial charge in [-0.05, 0) is 34.6 Å². The summed E-state index contributed by atoms with van der Waals surface area (Å²) in [5.74, 6) is 0.393. The molecule has 0 saturated carbocycles. The fraction of sp³-hybridized carbons (Fsp3) is 0.583. The third-order valence-electron chi connectivity index (χ3n) is 2.00.